The van der Waals surface area contributed by atoms with Gasteiger partial charge in [-0.3, -0.25) is 4.79 Å². The Bertz CT molecular complexity index is 2980. The van der Waals surface area contributed by atoms with Crippen LogP contribution in [0.3, 0.4) is 0 Å². The molecular formula is C54H66O31. The molecule has 17 N–H and O–H groups in total. The third-order valence-electron chi connectivity index (χ3n) is 15.0. The van der Waals surface area contributed by atoms with Crippen molar-refractivity contribution in [2.75, 3.05) is 19.8 Å². The molecule has 3 aromatic carbocycles. The number of esters is 1. The predicted octanol–water partition coefficient (Wildman–Crippen LogP) is -5.27. The summed E-state index contributed by atoms with van der Waals surface area (Å²) in [5.74, 6) is -3.65. The molecule has 31 nitrogen and oxygen atoms in total. The minimum atomic E-state index is -2.28. The molecule has 25 unspecified atom stereocenters. The van der Waals surface area contributed by atoms with E-state index in [9.17, 15) is 96.4 Å². The van der Waals surface area contributed by atoms with E-state index in [0.717, 1.165) is 18.2 Å². The number of carbonyl (C=O) groups is 1. The molecule has 5 aliphatic rings. The van der Waals surface area contributed by atoms with Crippen molar-refractivity contribution in [2.24, 2.45) is 0 Å². The monoisotopic (exact) mass is 1210 g/mol. The van der Waals surface area contributed by atoms with E-state index in [1.807, 2.05) is 0 Å². The molecule has 0 radical (unpaired) electrons. The van der Waals surface area contributed by atoms with Gasteiger partial charge in [-0.1, -0.05) is 12.1 Å². The van der Waals surface area contributed by atoms with Gasteiger partial charge in [0.15, 0.2) is 24.6 Å². The van der Waals surface area contributed by atoms with Gasteiger partial charge in [0.05, 0.1) is 25.4 Å². The minimum Gasteiger partial charge on any atom is -0.508 e. The second-order valence-corrected chi connectivity index (χ2v) is 20.8. The minimum absolute atomic E-state index is 0.0236. The molecule has 4 aromatic rings. The van der Waals surface area contributed by atoms with Gasteiger partial charge < -0.3 is 143 Å². The number of rotatable bonds is 17. The molecule has 0 spiro atoms. The van der Waals surface area contributed by atoms with Crippen molar-refractivity contribution in [2.45, 2.75) is 167 Å². The Morgan fingerprint density at radius 1 is 0.518 bits per heavy atom. The second kappa shape index (κ2) is 26.7. The highest BCUT2D eigenvalue weighted by molar-refractivity contribution is 5.88. The summed E-state index contributed by atoms with van der Waals surface area (Å²) < 4.78 is 69.3. The second-order valence-electron chi connectivity index (χ2n) is 20.8. The van der Waals surface area contributed by atoms with Crippen LogP contribution in [0, 0.1) is 0 Å². The van der Waals surface area contributed by atoms with E-state index in [0.29, 0.717) is 5.56 Å². The number of carbonyl (C=O) groups excluding carboxylic acids is 1. The number of fused-ring (bicyclic) bond motifs is 1. The molecule has 5 aliphatic heterocycles. The van der Waals surface area contributed by atoms with Gasteiger partial charge in [-0.05, 0) is 61.9 Å². The lowest BCUT2D eigenvalue weighted by Gasteiger charge is -2.49. The van der Waals surface area contributed by atoms with Crippen molar-refractivity contribution >= 4 is 23.0 Å². The zero-order valence-corrected chi connectivity index (χ0v) is 44.8. The average molecular weight is 1210 g/mol. The molecular weight excluding hydrogens is 1140 g/mol. The summed E-state index contributed by atoms with van der Waals surface area (Å²) in [6, 6.07) is 12.7. The zero-order chi connectivity index (χ0) is 61.5. The molecule has 85 heavy (non-hydrogen) atoms. The Morgan fingerprint density at radius 2 is 1.00 bits per heavy atom. The quantitative estimate of drug-likeness (QED) is 0.0347. The Balaban J connectivity index is 0.958. The highest BCUT2D eigenvalue weighted by atomic mass is 16.8. The zero-order valence-electron chi connectivity index (χ0n) is 44.8. The summed E-state index contributed by atoms with van der Waals surface area (Å²) >= 11 is 0. The van der Waals surface area contributed by atoms with E-state index < -0.39 is 207 Å². The summed E-state index contributed by atoms with van der Waals surface area (Å²) in [5, 5.41) is 182. The van der Waals surface area contributed by atoms with Crippen molar-refractivity contribution in [3.8, 4) is 40.1 Å². The van der Waals surface area contributed by atoms with E-state index in [2.05, 4.69) is 0 Å². The van der Waals surface area contributed by atoms with Gasteiger partial charge in [-0.15, -0.1) is 0 Å². The first-order chi connectivity index (χ1) is 40.4. The molecule has 1 aromatic heterocycles. The fourth-order valence-electron chi connectivity index (χ4n) is 10.1. The summed E-state index contributed by atoms with van der Waals surface area (Å²) in [7, 11) is 0. The van der Waals surface area contributed by atoms with E-state index >= 15 is 0 Å². The number of aliphatic hydroxyl groups is 14. The molecule has 468 valence electrons. The van der Waals surface area contributed by atoms with Crippen LogP contribution in [0.4, 0.5) is 0 Å². The van der Waals surface area contributed by atoms with Crippen molar-refractivity contribution in [1.29, 1.82) is 0 Å². The third-order valence-corrected chi connectivity index (χ3v) is 15.0. The van der Waals surface area contributed by atoms with Crippen molar-refractivity contribution in [3.63, 3.8) is 0 Å². The number of hydrogen-bond donors (Lipinski definition) is 17. The van der Waals surface area contributed by atoms with Gasteiger partial charge >= 0.3 is 5.97 Å². The summed E-state index contributed by atoms with van der Waals surface area (Å²) in [6.45, 7) is 0.0108. The molecule has 0 bridgehead atoms. The Morgan fingerprint density at radius 3 is 1.62 bits per heavy atom. The average Bonchev–Trinajstić information content (AvgIpc) is 1.56. The smallest absolute Gasteiger partial charge is 0.330 e. The van der Waals surface area contributed by atoms with E-state index in [4.69, 9.17) is 56.5 Å². The van der Waals surface area contributed by atoms with Crippen LogP contribution >= 0.6 is 0 Å². The number of aromatic hydroxyl groups is 3. The molecule has 5 saturated heterocycles. The van der Waals surface area contributed by atoms with Crippen LogP contribution in [-0.2, 0) is 47.4 Å². The van der Waals surface area contributed by atoms with E-state index in [-0.39, 0.29) is 28.4 Å². The van der Waals surface area contributed by atoms with Gasteiger partial charge in [0.25, 0.3) is 0 Å². The van der Waals surface area contributed by atoms with Crippen LogP contribution in [0.5, 0.6) is 28.7 Å². The third kappa shape index (κ3) is 13.4. The maximum Gasteiger partial charge on any atom is 0.330 e. The highest BCUT2D eigenvalue weighted by Gasteiger charge is 2.55. The Labute approximate surface area is 479 Å². The summed E-state index contributed by atoms with van der Waals surface area (Å²) in [5.41, 5.74) is -1.06. The van der Waals surface area contributed by atoms with Gasteiger partial charge in [-0.2, -0.15) is 0 Å². The van der Waals surface area contributed by atoms with Gasteiger partial charge in [0, 0.05) is 23.8 Å². The lowest BCUT2D eigenvalue weighted by atomic mass is 9.95. The van der Waals surface area contributed by atoms with E-state index in [1.165, 1.54) is 68.5 Å². The van der Waals surface area contributed by atoms with Crippen LogP contribution in [0.25, 0.3) is 28.4 Å². The molecule has 31 heteroatoms. The van der Waals surface area contributed by atoms with Crippen LogP contribution in [0.15, 0.2) is 76.0 Å². The SMILES string of the molecule is CC1OC(Oc2cc(O)c3c(=O)c(OC4OC(COC(=O)C=Cc5ccc(O)cc5)C(OC5OC(CO)C(OC6OC(C)C(OC7OC(CO)C(O)C(O)C7O)C(O)C6O)C(O)C5O)C(O)C4O)c(-c4ccc(O)cc4)oc3c2)C(O)C(O)C1O. The number of phenolic OH excluding ortho intramolecular Hbond substituents is 3. The molecule has 0 amide bonds. The van der Waals surface area contributed by atoms with Crippen LogP contribution < -0.4 is 14.9 Å². The molecule has 9 rings (SSSR count). The fraction of sp³-hybridized carbons (Fsp3) is 0.556. The van der Waals surface area contributed by atoms with Gasteiger partial charge in [0.2, 0.25) is 23.8 Å². The fourth-order valence-corrected chi connectivity index (χ4v) is 10.1. The van der Waals surface area contributed by atoms with Crippen molar-refractivity contribution in [1.82, 2.24) is 0 Å². The summed E-state index contributed by atoms with van der Waals surface area (Å²) in [6.07, 6.45) is -43.1. The largest absolute Gasteiger partial charge is 0.508 e. The number of aliphatic hydroxyl groups excluding tert-OH is 14. The number of ether oxygens (including phenoxy) is 11. The van der Waals surface area contributed by atoms with Gasteiger partial charge in [0.1, 0.15) is 150 Å². The summed E-state index contributed by atoms with van der Waals surface area (Å²) in [4.78, 5) is 27.8. The predicted molar refractivity (Wildman–Crippen MR) is 276 cm³/mol. The normalized spacial score (nSPS) is 38.9. The molecule has 6 heterocycles. The molecule has 25 atom stereocenters. The topological polar surface area (TPSA) is 493 Å². The first-order valence-electron chi connectivity index (χ1n) is 26.6. The maximum absolute atomic E-state index is 14.6. The lowest BCUT2D eigenvalue weighted by Crippen LogP contribution is -2.67. The van der Waals surface area contributed by atoms with Crippen molar-refractivity contribution in [3.05, 3.63) is 82.5 Å². The first kappa shape index (κ1) is 63.7. The Hall–Kier alpha value is -5.80. The standard InChI is InChI=1S/C54H66O31/c1-18-32(61)35(64)40(69)50(75-18)77-24-13-25(59)31-26(14-24)78-46(21-6-10-23(58)11-7-21)49(34(31)63)85-54-44(73)39(68)48(29(81-54)17-74-30(60)12-5-20-3-8-22(57)9-4-20)84-53-43(72)38(67)47(28(16-56)80-53)83-51-42(71)37(66)45(19(2)76-51)82-52-41(70)36(65)33(62)27(15-55)79-52/h3-14,18-19,27-29,32-33,35-45,47-48,50-59,61-62,64-73H,15-17H2,1-2H3. The highest BCUT2D eigenvalue weighted by Crippen LogP contribution is 2.40. The van der Waals surface area contributed by atoms with Gasteiger partial charge in [-0.25, -0.2) is 4.79 Å². The number of hydrogen-bond acceptors (Lipinski definition) is 31. The number of phenols is 3. The van der Waals surface area contributed by atoms with Crippen molar-refractivity contribution < 1.29 is 148 Å². The maximum atomic E-state index is 14.6. The van der Waals surface area contributed by atoms with Crippen LogP contribution in [0.1, 0.15) is 19.4 Å². The molecule has 0 aliphatic carbocycles. The van der Waals surface area contributed by atoms with Crippen LogP contribution in [-0.4, -0.2) is 266 Å². The Kier molecular flexibility index (Phi) is 20.0. The first-order valence-corrected chi connectivity index (χ1v) is 26.6. The molecule has 0 saturated carbocycles. The number of benzene rings is 3. The van der Waals surface area contributed by atoms with E-state index in [1.54, 1.807) is 0 Å². The van der Waals surface area contributed by atoms with Crippen LogP contribution in [0.2, 0.25) is 0 Å². The lowest BCUT2D eigenvalue weighted by molar-refractivity contribution is -0.384. The molecule has 5 fully saturated rings.